The van der Waals surface area contributed by atoms with Crippen LogP contribution in [0.4, 0.5) is 18.9 Å². The van der Waals surface area contributed by atoms with Crippen LogP contribution >= 0.6 is 0 Å². The second-order valence-corrected chi connectivity index (χ2v) is 6.82. The number of pyridine rings is 1. The Morgan fingerprint density at radius 2 is 1.79 bits per heavy atom. The third-order valence-corrected chi connectivity index (χ3v) is 3.98. The number of halogens is 3. The highest BCUT2D eigenvalue weighted by Crippen LogP contribution is 2.13. The number of anilines is 1. The second-order valence-electron chi connectivity index (χ2n) is 6.82. The Hall–Kier alpha value is -3.73. The van der Waals surface area contributed by atoms with Crippen molar-refractivity contribution in [2.75, 3.05) is 5.32 Å². The van der Waals surface area contributed by atoms with Crippen LogP contribution in [0, 0.1) is 0 Å². The van der Waals surface area contributed by atoms with E-state index in [1.54, 1.807) is 37.5 Å². The maximum atomic E-state index is 12.0. The Balaban J connectivity index is 0.000000675. The number of carbonyl (C=O) groups excluding carboxylic acids is 2. The highest BCUT2D eigenvalue weighted by atomic mass is 19.4. The van der Waals surface area contributed by atoms with Crippen LogP contribution in [-0.4, -0.2) is 46.1 Å². The molecule has 178 valence electrons. The van der Waals surface area contributed by atoms with Crippen LogP contribution in [0.5, 0.6) is 0 Å². The van der Waals surface area contributed by atoms with E-state index < -0.39 is 18.2 Å². The van der Waals surface area contributed by atoms with E-state index in [4.69, 9.17) is 15.6 Å². The first kappa shape index (κ1) is 27.3. The SMILES string of the molecule is C[C@H](N)C(=O)N[C@H](C=CC(=O)Nc1cccnc1)CCc1ccccc1.O=C(O)C(F)(F)F. The predicted molar refractivity (Wildman–Crippen MR) is 116 cm³/mol. The van der Waals surface area contributed by atoms with Crippen molar-refractivity contribution in [1.29, 1.82) is 0 Å². The number of carboxylic acid groups (broad SMARTS) is 1. The molecule has 2 rings (SSSR count). The number of hydrogen-bond donors (Lipinski definition) is 4. The van der Waals surface area contributed by atoms with Gasteiger partial charge < -0.3 is 21.5 Å². The Labute approximate surface area is 188 Å². The molecule has 0 bridgehead atoms. The molecule has 0 saturated heterocycles. The van der Waals surface area contributed by atoms with Crippen LogP contribution in [0.1, 0.15) is 18.9 Å². The molecule has 1 aromatic heterocycles. The zero-order valence-electron chi connectivity index (χ0n) is 17.8. The quantitative estimate of drug-likeness (QED) is 0.442. The van der Waals surface area contributed by atoms with Gasteiger partial charge in [-0.1, -0.05) is 36.4 Å². The molecular weight excluding hydrogens is 441 g/mol. The summed E-state index contributed by atoms with van der Waals surface area (Å²) < 4.78 is 31.7. The van der Waals surface area contributed by atoms with E-state index in [9.17, 15) is 22.8 Å². The minimum absolute atomic E-state index is 0.250. The van der Waals surface area contributed by atoms with Gasteiger partial charge in [-0.2, -0.15) is 13.2 Å². The van der Waals surface area contributed by atoms with Crippen LogP contribution in [0.15, 0.2) is 67.0 Å². The van der Waals surface area contributed by atoms with Crippen molar-refractivity contribution in [2.24, 2.45) is 5.73 Å². The normalized spacial score (nSPS) is 12.8. The third kappa shape index (κ3) is 12.0. The van der Waals surface area contributed by atoms with Crippen molar-refractivity contribution in [3.63, 3.8) is 0 Å². The zero-order chi connectivity index (χ0) is 24.9. The number of nitrogens with two attached hydrogens (primary N) is 1. The van der Waals surface area contributed by atoms with Gasteiger partial charge in [-0.25, -0.2) is 4.79 Å². The number of nitrogens with zero attached hydrogens (tertiary/aromatic N) is 1. The standard InChI is InChI=1S/C20H24N4O2.C2HF3O2/c1-15(21)20(26)24-17(10-9-16-6-3-2-4-7-16)11-12-19(25)23-18-8-5-13-22-14-18;3-2(4,5)1(6)7/h2-8,11-15,17H,9-10,21H2,1H3,(H,23,25)(H,24,26);(H,6,7)/t15-,17-;/m0./s1. The molecule has 11 heteroatoms. The molecular formula is C22H25F3N4O4. The largest absolute Gasteiger partial charge is 0.490 e. The summed E-state index contributed by atoms with van der Waals surface area (Å²) in [6.45, 7) is 1.63. The molecule has 33 heavy (non-hydrogen) atoms. The Morgan fingerprint density at radius 3 is 2.30 bits per heavy atom. The molecule has 0 aliphatic rings. The van der Waals surface area contributed by atoms with E-state index in [0.717, 1.165) is 6.42 Å². The summed E-state index contributed by atoms with van der Waals surface area (Å²) in [7, 11) is 0. The van der Waals surface area contributed by atoms with Gasteiger partial charge in [-0.3, -0.25) is 14.6 Å². The van der Waals surface area contributed by atoms with Crippen molar-refractivity contribution < 1.29 is 32.7 Å². The molecule has 0 radical (unpaired) electrons. The molecule has 5 N–H and O–H groups in total. The van der Waals surface area contributed by atoms with Crippen LogP contribution in [0.2, 0.25) is 0 Å². The van der Waals surface area contributed by atoms with E-state index in [1.165, 1.54) is 11.6 Å². The summed E-state index contributed by atoms with van der Waals surface area (Å²) in [5, 5.41) is 12.7. The molecule has 0 aliphatic carbocycles. The molecule has 2 amide bonds. The van der Waals surface area contributed by atoms with Gasteiger partial charge in [0.1, 0.15) is 0 Å². The van der Waals surface area contributed by atoms with Gasteiger partial charge in [-0.05, 0) is 37.5 Å². The molecule has 1 heterocycles. The summed E-state index contributed by atoms with van der Waals surface area (Å²) in [6, 6.07) is 12.6. The van der Waals surface area contributed by atoms with Crippen molar-refractivity contribution in [3.8, 4) is 0 Å². The minimum atomic E-state index is -5.08. The van der Waals surface area contributed by atoms with Gasteiger partial charge in [0, 0.05) is 18.3 Å². The lowest BCUT2D eigenvalue weighted by molar-refractivity contribution is -0.192. The average Bonchev–Trinajstić information content (AvgIpc) is 2.76. The highest BCUT2D eigenvalue weighted by Gasteiger charge is 2.38. The number of aromatic nitrogens is 1. The smallest absolute Gasteiger partial charge is 0.475 e. The van der Waals surface area contributed by atoms with Gasteiger partial charge in [0.15, 0.2) is 0 Å². The zero-order valence-corrected chi connectivity index (χ0v) is 17.8. The van der Waals surface area contributed by atoms with Gasteiger partial charge in [0.05, 0.1) is 17.9 Å². The summed E-state index contributed by atoms with van der Waals surface area (Å²) in [4.78, 5) is 36.8. The molecule has 2 atom stereocenters. The second kappa shape index (κ2) is 13.6. The molecule has 8 nitrogen and oxygen atoms in total. The molecule has 0 spiro atoms. The van der Waals surface area contributed by atoms with Gasteiger partial charge in [0.25, 0.3) is 0 Å². The third-order valence-electron chi connectivity index (χ3n) is 3.98. The Bertz CT molecular complexity index is 920. The number of nitrogens with one attached hydrogen (secondary N) is 2. The van der Waals surface area contributed by atoms with E-state index in [2.05, 4.69) is 15.6 Å². The van der Waals surface area contributed by atoms with E-state index >= 15 is 0 Å². The number of aryl methyl sites for hydroxylation is 1. The first-order chi connectivity index (χ1) is 15.5. The van der Waals surface area contributed by atoms with Crippen molar-refractivity contribution in [2.45, 2.75) is 38.0 Å². The fraction of sp³-hybridized carbons (Fsp3) is 0.273. The number of carbonyl (C=O) groups is 3. The molecule has 2 aromatic rings. The maximum Gasteiger partial charge on any atom is 0.490 e. The summed E-state index contributed by atoms with van der Waals surface area (Å²) in [5.41, 5.74) is 7.41. The predicted octanol–water partition coefficient (Wildman–Crippen LogP) is 2.67. The monoisotopic (exact) mass is 466 g/mol. The van der Waals surface area contributed by atoms with E-state index in [-0.39, 0.29) is 17.9 Å². The Kier molecular flexibility index (Phi) is 11.3. The fourth-order valence-electron chi connectivity index (χ4n) is 2.32. The lowest BCUT2D eigenvalue weighted by atomic mass is 10.0. The van der Waals surface area contributed by atoms with Crippen molar-refractivity contribution >= 4 is 23.5 Å². The lowest BCUT2D eigenvalue weighted by Crippen LogP contribution is -2.43. The van der Waals surface area contributed by atoms with Gasteiger partial charge in [0.2, 0.25) is 11.8 Å². The fourth-order valence-corrected chi connectivity index (χ4v) is 2.32. The van der Waals surface area contributed by atoms with E-state index in [0.29, 0.717) is 12.1 Å². The topological polar surface area (TPSA) is 134 Å². The molecule has 0 fully saturated rings. The van der Waals surface area contributed by atoms with Crippen LogP contribution in [-0.2, 0) is 20.8 Å². The number of amides is 2. The van der Waals surface area contributed by atoms with Gasteiger partial charge >= 0.3 is 12.1 Å². The summed E-state index contributed by atoms with van der Waals surface area (Å²) >= 11 is 0. The molecule has 0 aliphatic heterocycles. The van der Waals surface area contributed by atoms with E-state index in [1.807, 2.05) is 30.3 Å². The van der Waals surface area contributed by atoms with Crippen LogP contribution < -0.4 is 16.4 Å². The minimum Gasteiger partial charge on any atom is -0.475 e. The van der Waals surface area contributed by atoms with Crippen LogP contribution in [0.3, 0.4) is 0 Å². The van der Waals surface area contributed by atoms with Crippen molar-refractivity contribution in [1.82, 2.24) is 10.3 Å². The molecule has 0 unspecified atom stereocenters. The van der Waals surface area contributed by atoms with Crippen LogP contribution in [0.25, 0.3) is 0 Å². The number of alkyl halides is 3. The number of rotatable bonds is 8. The number of carboxylic acids is 1. The number of hydrogen-bond acceptors (Lipinski definition) is 5. The summed E-state index contributed by atoms with van der Waals surface area (Å²) in [5.74, 6) is -3.29. The van der Waals surface area contributed by atoms with Crippen molar-refractivity contribution in [3.05, 3.63) is 72.6 Å². The first-order valence-electron chi connectivity index (χ1n) is 9.78. The molecule has 0 saturated carbocycles. The highest BCUT2D eigenvalue weighted by molar-refractivity contribution is 5.99. The lowest BCUT2D eigenvalue weighted by Gasteiger charge is -2.17. The maximum absolute atomic E-state index is 12.0. The number of aliphatic carboxylic acids is 1. The van der Waals surface area contributed by atoms with Gasteiger partial charge in [-0.15, -0.1) is 0 Å². The average molecular weight is 466 g/mol. The first-order valence-corrected chi connectivity index (χ1v) is 9.78. The molecule has 1 aromatic carbocycles. The Morgan fingerprint density at radius 1 is 1.15 bits per heavy atom. The summed E-state index contributed by atoms with van der Waals surface area (Å²) in [6.07, 6.45) is 2.67. The number of benzene rings is 1.